The van der Waals surface area contributed by atoms with E-state index in [4.69, 9.17) is 4.74 Å². The van der Waals surface area contributed by atoms with Crippen LogP contribution in [0, 0.1) is 5.41 Å². The number of nitrogens with zero attached hydrogens (tertiary/aromatic N) is 2. The standard InChI is InChI=1S/C21H30N2O3/c24-18-6-4-5-17(15-18)23-13-11-22(12-14-23)10-7-19-16-21(20(25)26-19)8-2-1-3-9-21/h4-6,15,19,24H,1-3,7-14,16H2/t19-/m0/s1. The number of esters is 1. The Hall–Kier alpha value is -1.75. The van der Waals surface area contributed by atoms with E-state index < -0.39 is 0 Å². The van der Waals surface area contributed by atoms with Crippen molar-refractivity contribution >= 4 is 11.7 Å². The van der Waals surface area contributed by atoms with E-state index in [-0.39, 0.29) is 17.5 Å². The van der Waals surface area contributed by atoms with Crippen molar-refractivity contribution in [1.29, 1.82) is 0 Å². The van der Waals surface area contributed by atoms with Crippen LogP contribution in [0.2, 0.25) is 0 Å². The van der Waals surface area contributed by atoms with E-state index in [1.165, 1.54) is 19.3 Å². The number of aromatic hydroxyl groups is 1. The fourth-order valence-electron chi connectivity index (χ4n) is 4.88. The Kier molecular flexibility index (Phi) is 5.07. The number of carbonyl (C=O) groups excluding carboxylic acids is 1. The summed E-state index contributed by atoms with van der Waals surface area (Å²) >= 11 is 0. The second-order valence-electron chi connectivity index (χ2n) is 8.21. The lowest BCUT2D eigenvalue weighted by Crippen LogP contribution is -2.47. The van der Waals surface area contributed by atoms with Gasteiger partial charge in [-0.15, -0.1) is 0 Å². The Labute approximate surface area is 155 Å². The number of anilines is 1. The summed E-state index contributed by atoms with van der Waals surface area (Å²) in [5.74, 6) is 0.403. The highest BCUT2D eigenvalue weighted by atomic mass is 16.6. The molecule has 2 heterocycles. The van der Waals surface area contributed by atoms with Crippen LogP contribution in [0.4, 0.5) is 5.69 Å². The molecule has 0 amide bonds. The summed E-state index contributed by atoms with van der Waals surface area (Å²) in [5.41, 5.74) is 0.949. The zero-order valence-corrected chi connectivity index (χ0v) is 15.5. The molecular formula is C21H30N2O3. The molecular weight excluding hydrogens is 328 g/mol. The second kappa shape index (κ2) is 7.47. The molecule has 3 fully saturated rings. The third-order valence-electron chi connectivity index (χ3n) is 6.47. The summed E-state index contributed by atoms with van der Waals surface area (Å²) in [6, 6.07) is 7.49. The first kappa shape index (κ1) is 17.7. The molecule has 3 aliphatic rings. The third kappa shape index (κ3) is 3.68. The molecule has 1 atom stereocenters. The van der Waals surface area contributed by atoms with E-state index in [0.717, 1.165) is 64.1 Å². The summed E-state index contributed by atoms with van der Waals surface area (Å²) in [5, 5.41) is 9.65. The maximum absolute atomic E-state index is 12.4. The van der Waals surface area contributed by atoms with Crippen LogP contribution in [-0.2, 0) is 9.53 Å². The smallest absolute Gasteiger partial charge is 0.312 e. The lowest BCUT2D eigenvalue weighted by Gasteiger charge is -2.36. The molecule has 1 N–H and O–H groups in total. The van der Waals surface area contributed by atoms with Gasteiger partial charge in [-0.1, -0.05) is 25.3 Å². The fraction of sp³-hybridized carbons (Fsp3) is 0.667. The molecule has 4 rings (SSSR count). The average Bonchev–Trinajstić information content (AvgIpc) is 2.96. The molecule has 0 radical (unpaired) electrons. The lowest BCUT2D eigenvalue weighted by atomic mass is 9.72. The van der Waals surface area contributed by atoms with Crippen LogP contribution in [0.5, 0.6) is 5.75 Å². The number of cyclic esters (lactones) is 1. The van der Waals surface area contributed by atoms with Gasteiger partial charge in [0.25, 0.3) is 0 Å². The van der Waals surface area contributed by atoms with E-state index in [9.17, 15) is 9.90 Å². The highest BCUT2D eigenvalue weighted by Crippen LogP contribution is 2.46. The molecule has 1 aliphatic carbocycles. The maximum atomic E-state index is 12.4. The molecule has 1 aromatic carbocycles. The van der Waals surface area contributed by atoms with Gasteiger partial charge in [-0.2, -0.15) is 0 Å². The van der Waals surface area contributed by atoms with Gasteiger partial charge in [-0.05, 0) is 31.4 Å². The lowest BCUT2D eigenvalue weighted by molar-refractivity contribution is -0.150. The number of hydrogen-bond acceptors (Lipinski definition) is 5. The molecule has 142 valence electrons. The van der Waals surface area contributed by atoms with E-state index >= 15 is 0 Å². The predicted molar refractivity (Wildman–Crippen MR) is 101 cm³/mol. The number of phenolic OH excluding ortho intramolecular Hbond substituents is 1. The van der Waals surface area contributed by atoms with E-state index in [1.807, 2.05) is 12.1 Å². The van der Waals surface area contributed by atoms with Gasteiger partial charge in [-0.25, -0.2) is 0 Å². The van der Waals surface area contributed by atoms with Crippen LogP contribution in [-0.4, -0.2) is 54.8 Å². The van der Waals surface area contributed by atoms with Crippen LogP contribution in [0.1, 0.15) is 44.9 Å². The molecule has 0 unspecified atom stereocenters. The van der Waals surface area contributed by atoms with Gasteiger partial charge < -0.3 is 14.7 Å². The number of ether oxygens (including phenoxy) is 1. The summed E-state index contributed by atoms with van der Waals surface area (Å²) in [7, 11) is 0. The first-order chi connectivity index (χ1) is 12.6. The van der Waals surface area contributed by atoms with Crippen LogP contribution in [0.3, 0.4) is 0 Å². The average molecular weight is 358 g/mol. The van der Waals surface area contributed by atoms with Crippen molar-refractivity contribution in [2.75, 3.05) is 37.6 Å². The zero-order valence-electron chi connectivity index (χ0n) is 15.5. The molecule has 5 heteroatoms. The number of rotatable bonds is 4. The first-order valence-electron chi connectivity index (χ1n) is 10.1. The van der Waals surface area contributed by atoms with Crippen LogP contribution >= 0.6 is 0 Å². The molecule has 2 saturated heterocycles. The zero-order chi connectivity index (χ0) is 18.0. The van der Waals surface area contributed by atoms with Crippen molar-refractivity contribution in [3.63, 3.8) is 0 Å². The highest BCUT2D eigenvalue weighted by Gasteiger charge is 2.48. The van der Waals surface area contributed by atoms with E-state index in [0.29, 0.717) is 5.75 Å². The Bertz CT molecular complexity index is 634. The minimum Gasteiger partial charge on any atom is -0.508 e. The van der Waals surface area contributed by atoms with Gasteiger partial charge in [0.15, 0.2) is 0 Å². The molecule has 2 aliphatic heterocycles. The maximum Gasteiger partial charge on any atom is 0.312 e. The predicted octanol–water partition coefficient (Wildman–Crippen LogP) is 3.17. The molecule has 26 heavy (non-hydrogen) atoms. The number of benzene rings is 1. The third-order valence-corrected chi connectivity index (χ3v) is 6.47. The molecule has 1 aromatic rings. The first-order valence-corrected chi connectivity index (χ1v) is 10.1. The minimum absolute atomic E-state index is 0.0795. The Morgan fingerprint density at radius 3 is 2.62 bits per heavy atom. The van der Waals surface area contributed by atoms with Crippen LogP contribution in [0.15, 0.2) is 24.3 Å². The SMILES string of the molecule is O=C1O[C@@H](CCN2CCN(c3cccc(O)c3)CC2)CC12CCCCC2. The van der Waals surface area contributed by atoms with Crippen LogP contribution in [0.25, 0.3) is 0 Å². The Morgan fingerprint density at radius 2 is 1.88 bits per heavy atom. The van der Waals surface area contributed by atoms with Gasteiger partial charge in [0.2, 0.25) is 0 Å². The van der Waals surface area contributed by atoms with Gasteiger partial charge in [0.1, 0.15) is 11.9 Å². The van der Waals surface area contributed by atoms with Crippen molar-refractivity contribution < 1.29 is 14.6 Å². The normalized spacial score (nSPS) is 26.2. The van der Waals surface area contributed by atoms with Crippen molar-refractivity contribution in [1.82, 2.24) is 4.90 Å². The van der Waals surface area contributed by atoms with E-state index in [2.05, 4.69) is 15.9 Å². The van der Waals surface area contributed by atoms with Gasteiger partial charge >= 0.3 is 5.97 Å². The Balaban J connectivity index is 1.24. The molecule has 0 bridgehead atoms. The quantitative estimate of drug-likeness (QED) is 0.838. The van der Waals surface area contributed by atoms with Crippen molar-refractivity contribution in [2.24, 2.45) is 5.41 Å². The molecule has 5 nitrogen and oxygen atoms in total. The summed E-state index contributed by atoms with van der Waals surface area (Å²) in [6.07, 6.45) is 7.70. The number of phenols is 1. The van der Waals surface area contributed by atoms with E-state index in [1.54, 1.807) is 6.07 Å². The minimum atomic E-state index is -0.142. The largest absolute Gasteiger partial charge is 0.508 e. The van der Waals surface area contributed by atoms with Gasteiger partial charge in [-0.3, -0.25) is 9.69 Å². The van der Waals surface area contributed by atoms with Gasteiger partial charge in [0.05, 0.1) is 5.41 Å². The monoisotopic (exact) mass is 358 g/mol. The molecule has 1 spiro atoms. The molecule has 1 saturated carbocycles. The van der Waals surface area contributed by atoms with Crippen molar-refractivity contribution in [3.05, 3.63) is 24.3 Å². The summed E-state index contributed by atoms with van der Waals surface area (Å²) < 4.78 is 5.75. The second-order valence-corrected chi connectivity index (χ2v) is 8.21. The highest BCUT2D eigenvalue weighted by molar-refractivity contribution is 5.79. The summed E-state index contributed by atoms with van der Waals surface area (Å²) in [4.78, 5) is 17.2. The van der Waals surface area contributed by atoms with Gasteiger partial charge in [0, 0.05) is 50.9 Å². The van der Waals surface area contributed by atoms with Crippen molar-refractivity contribution in [3.8, 4) is 5.75 Å². The number of piperazine rings is 1. The van der Waals surface area contributed by atoms with Crippen molar-refractivity contribution in [2.45, 2.75) is 51.0 Å². The van der Waals surface area contributed by atoms with Crippen LogP contribution < -0.4 is 4.90 Å². The molecule has 0 aromatic heterocycles. The Morgan fingerprint density at radius 1 is 1.12 bits per heavy atom. The summed E-state index contributed by atoms with van der Waals surface area (Å²) in [6.45, 7) is 4.97. The number of carbonyl (C=O) groups is 1. The fourth-order valence-corrected chi connectivity index (χ4v) is 4.88. The number of hydrogen-bond donors (Lipinski definition) is 1. The topological polar surface area (TPSA) is 53.0 Å².